The lowest BCUT2D eigenvalue weighted by Crippen LogP contribution is -2.43. The lowest BCUT2D eigenvalue weighted by Gasteiger charge is -2.30. The van der Waals surface area contributed by atoms with E-state index in [2.05, 4.69) is 10.2 Å². The summed E-state index contributed by atoms with van der Waals surface area (Å²) in [7, 11) is -3.76. The lowest BCUT2D eigenvalue weighted by molar-refractivity contribution is 0.588. The van der Waals surface area contributed by atoms with Crippen molar-refractivity contribution in [2.24, 2.45) is 5.14 Å². The van der Waals surface area contributed by atoms with Crippen LogP contribution in [0.2, 0.25) is 0 Å². The molecular weight excluding hydrogens is 240 g/mol. The van der Waals surface area contributed by atoms with Crippen molar-refractivity contribution in [3.8, 4) is 0 Å². The highest BCUT2D eigenvalue weighted by Crippen LogP contribution is 2.29. The highest BCUT2D eigenvalue weighted by molar-refractivity contribution is 7.89. The maximum atomic E-state index is 11.4. The largest absolute Gasteiger partial charge is 0.396 e. The Hall–Kier alpha value is -1.31. The third kappa shape index (κ3) is 2.51. The van der Waals surface area contributed by atoms with Crippen molar-refractivity contribution in [2.45, 2.75) is 4.90 Å². The number of benzene rings is 1. The molecule has 1 aliphatic heterocycles. The minimum Gasteiger partial charge on any atom is -0.396 e. The van der Waals surface area contributed by atoms with Gasteiger partial charge in [0.2, 0.25) is 10.0 Å². The van der Waals surface area contributed by atoms with Crippen LogP contribution >= 0.6 is 0 Å². The van der Waals surface area contributed by atoms with Crippen LogP contribution in [0.15, 0.2) is 23.1 Å². The molecule has 0 radical (unpaired) electrons. The van der Waals surface area contributed by atoms with E-state index >= 15 is 0 Å². The van der Waals surface area contributed by atoms with Crippen LogP contribution in [0.5, 0.6) is 0 Å². The third-order valence-corrected chi connectivity index (χ3v) is 3.78. The molecule has 1 aliphatic rings. The number of nitrogens with two attached hydrogens (primary N) is 2. The maximum Gasteiger partial charge on any atom is 0.240 e. The molecule has 2 rings (SSSR count). The Labute approximate surface area is 101 Å². The van der Waals surface area contributed by atoms with Crippen molar-refractivity contribution in [3.63, 3.8) is 0 Å². The van der Waals surface area contributed by atoms with E-state index in [9.17, 15) is 8.42 Å². The average Bonchev–Trinajstić information content (AvgIpc) is 2.29. The van der Waals surface area contributed by atoms with Gasteiger partial charge in [0.15, 0.2) is 0 Å². The average molecular weight is 256 g/mol. The zero-order valence-electron chi connectivity index (χ0n) is 9.39. The summed E-state index contributed by atoms with van der Waals surface area (Å²) >= 11 is 0. The number of primary sulfonamides is 1. The van der Waals surface area contributed by atoms with Crippen LogP contribution in [0.4, 0.5) is 11.4 Å². The van der Waals surface area contributed by atoms with Crippen LogP contribution in [0.25, 0.3) is 0 Å². The number of hydrogen-bond donors (Lipinski definition) is 3. The molecule has 0 spiro atoms. The first-order valence-electron chi connectivity index (χ1n) is 5.37. The quantitative estimate of drug-likeness (QED) is 0.609. The van der Waals surface area contributed by atoms with Gasteiger partial charge in [-0.25, -0.2) is 13.6 Å². The molecule has 6 nitrogen and oxygen atoms in total. The first kappa shape index (κ1) is 12.2. The number of rotatable bonds is 2. The number of nitrogens with zero attached hydrogens (tertiary/aromatic N) is 1. The van der Waals surface area contributed by atoms with Crippen molar-refractivity contribution >= 4 is 21.4 Å². The van der Waals surface area contributed by atoms with E-state index in [1.807, 2.05) is 6.07 Å². The SMILES string of the molecule is Nc1c(N2CCNCC2)cccc1S(N)(=O)=O. The van der Waals surface area contributed by atoms with Gasteiger partial charge < -0.3 is 16.0 Å². The second-order valence-corrected chi connectivity index (χ2v) is 5.50. The van der Waals surface area contributed by atoms with Crippen molar-refractivity contribution in [3.05, 3.63) is 18.2 Å². The first-order valence-corrected chi connectivity index (χ1v) is 6.92. The van der Waals surface area contributed by atoms with Crippen LogP contribution in [0, 0.1) is 0 Å². The Morgan fingerprint density at radius 2 is 1.88 bits per heavy atom. The molecule has 17 heavy (non-hydrogen) atoms. The van der Waals surface area contributed by atoms with Gasteiger partial charge in [-0.3, -0.25) is 0 Å². The van der Waals surface area contributed by atoms with E-state index in [4.69, 9.17) is 10.9 Å². The predicted molar refractivity (Wildman–Crippen MR) is 67.3 cm³/mol. The summed E-state index contributed by atoms with van der Waals surface area (Å²) in [5.41, 5.74) is 6.85. The molecule has 0 unspecified atom stereocenters. The van der Waals surface area contributed by atoms with Crippen molar-refractivity contribution in [1.82, 2.24) is 5.32 Å². The van der Waals surface area contributed by atoms with Gasteiger partial charge in [0, 0.05) is 26.2 Å². The van der Waals surface area contributed by atoms with Gasteiger partial charge in [-0.15, -0.1) is 0 Å². The van der Waals surface area contributed by atoms with Crippen molar-refractivity contribution in [1.29, 1.82) is 0 Å². The molecule has 1 heterocycles. The molecule has 0 aromatic heterocycles. The Bertz CT molecular complexity index is 509. The Morgan fingerprint density at radius 3 is 2.47 bits per heavy atom. The summed E-state index contributed by atoms with van der Waals surface area (Å²) in [6, 6.07) is 4.90. The van der Waals surface area contributed by atoms with Crippen molar-refractivity contribution < 1.29 is 8.42 Å². The van der Waals surface area contributed by atoms with Crippen LogP contribution < -0.4 is 21.1 Å². The van der Waals surface area contributed by atoms with E-state index in [1.165, 1.54) is 6.07 Å². The predicted octanol–water partition coefficient (Wildman–Crippen LogP) is -0.674. The fraction of sp³-hybridized carbons (Fsp3) is 0.400. The third-order valence-electron chi connectivity index (χ3n) is 2.81. The van der Waals surface area contributed by atoms with Crippen LogP contribution in [-0.4, -0.2) is 34.6 Å². The molecule has 0 atom stereocenters. The van der Waals surface area contributed by atoms with E-state index in [0.29, 0.717) is 0 Å². The normalized spacial score (nSPS) is 17.1. The molecule has 1 aromatic rings. The number of sulfonamides is 1. The van der Waals surface area contributed by atoms with Crippen LogP contribution in [0.1, 0.15) is 0 Å². The molecule has 7 heteroatoms. The summed E-state index contributed by atoms with van der Waals surface area (Å²) < 4.78 is 22.7. The van der Waals surface area contributed by atoms with Gasteiger partial charge in [-0.05, 0) is 12.1 Å². The minimum atomic E-state index is -3.76. The molecule has 1 fully saturated rings. The second-order valence-electron chi connectivity index (χ2n) is 3.97. The number of nitrogens with one attached hydrogen (secondary N) is 1. The van der Waals surface area contributed by atoms with E-state index in [-0.39, 0.29) is 10.6 Å². The second kappa shape index (κ2) is 4.52. The van der Waals surface area contributed by atoms with Gasteiger partial charge in [0.25, 0.3) is 0 Å². The zero-order chi connectivity index (χ0) is 12.5. The molecule has 0 bridgehead atoms. The molecule has 1 aromatic carbocycles. The summed E-state index contributed by atoms with van der Waals surface area (Å²) in [4.78, 5) is 2.05. The molecule has 5 N–H and O–H groups in total. The fourth-order valence-electron chi connectivity index (χ4n) is 1.96. The number of para-hydroxylation sites is 1. The molecular formula is C10H16N4O2S. The number of anilines is 2. The van der Waals surface area contributed by atoms with Crippen LogP contribution in [0.3, 0.4) is 0 Å². The standard InChI is InChI=1S/C10H16N4O2S/c11-10-8(14-6-4-13-5-7-14)2-1-3-9(10)17(12,15)16/h1-3,13H,4-7,11H2,(H2,12,15,16). The maximum absolute atomic E-state index is 11.4. The number of hydrogen-bond acceptors (Lipinski definition) is 5. The van der Waals surface area contributed by atoms with Gasteiger partial charge in [0.1, 0.15) is 4.90 Å². The van der Waals surface area contributed by atoms with Crippen LogP contribution in [-0.2, 0) is 10.0 Å². The molecule has 94 valence electrons. The Kier molecular flexibility index (Phi) is 3.23. The van der Waals surface area contributed by atoms with E-state index in [1.54, 1.807) is 6.07 Å². The van der Waals surface area contributed by atoms with Gasteiger partial charge >= 0.3 is 0 Å². The summed E-state index contributed by atoms with van der Waals surface area (Å²) in [6.45, 7) is 3.33. The summed E-state index contributed by atoms with van der Waals surface area (Å²) in [6.07, 6.45) is 0. The molecule has 0 saturated carbocycles. The van der Waals surface area contributed by atoms with Crippen molar-refractivity contribution in [2.75, 3.05) is 36.8 Å². The highest BCUT2D eigenvalue weighted by Gasteiger charge is 2.19. The first-order chi connectivity index (χ1) is 8.00. The zero-order valence-corrected chi connectivity index (χ0v) is 10.2. The molecule has 0 amide bonds. The summed E-state index contributed by atoms with van der Waals surface area (Å²) in [5.74, 6) is 0. The number of nitrogen functional groups attached to an aromatic ring is 1. The van der Waals surface area contributed by atoms with Gasteiger partial charge in [-0.2, -0.15) is 0 Å². The molecule has 1 saturated heterocycles. The monoisotopic (exact) mass is 256 g/mol. The smallest absolute Gasteiger partial charge is 0.240 e. The van der Waals surface area contributed by atoms with Gasteiger partial charge in [0.05, 0.1) is 11.4 Å². The highest BCUT2D eigenvalue weighted by atomic mass is 32.2. The van der Waals surface area contributed by atoms with E-state index in [0.717, 1.165) is 31.9 Å². The lowest BCUT2D eigenvalue weighted by atomic mass is 10.2. The van der Waals surface area contributed by atoms with E-state index < -0.39 is 10.0 Å². The fourth-order valence-corrected chi connectivity index (χ4v) is 2.64. The Balaban J connectivity index is 2.42. The number of piperazine rings is 1. The topological polar surface area (TPSA) is 101 Å². The van der Waals surface area contributed by atoms with Gasteiger partial charge in [-0.1, -0.05) is 6.07 Å². The molecule has 0 aliphatic carbocycles. The summed E-state index contributed by atoms with van der Waals surface area (Å²) in [5, 5.41) is 8.34. The minimum absolute atomic E-state index is 0.00599. The Morgan fingerprint density at radius 1 is 1.24 bits per heavy atom.